The van der Waals surface area contributed by atoms with Crippen molar-refractivity contribution in [3.05, 3.63) is 65.2 Å². The van der Waals surface area contributed by atoms with E-state index >= 15 is 0 Å². The Morgan fingerprint density at radius 3 is 2.74 bits per heavy atom. The lowest BCUT2D eigenvalue weighted by Gasteiger charge is -2.19. The molecule has 3 heterocycles. The summed E-state index contributed by atoms with van der Waals surface area (Å²) in [5.41, 5.74) is 4.56. The van der Waals surface area contributed by atoms with E-state index in [1.807, 2.05) is 29.9 Å². The molecule has 1 aromatic carbocycles. The molecule has 7 heteroatoms. The van der Waals surface area contributed by atoms with Crippen LogP contribution in [0.5, 0.6) is 0 Å². The Kier molecular flexibility index (Phi) is 5.62. The van der Waals surface area contributed by atoms with Gasteiger partial charge in [-0.25, -0.2) is 9.97 Å². The van der Waals surface area contributed by atoms with Gasteiger partial charge in [-0.1, -0.05) is 39.8 Å². The predicted octanol–water partition coefficient (Wildman–Crippen LogP) is 5.84. The summed E-state index contributed by atoms with van der Waals surface area (Å²) in [7, 11) is 1.91. The van der Waals surface area contributed by atoms with Crippen molar-refractivity contribution in [1.29, 1.82) is 0 Å². The number of nitrogens with one attached hydrogen (secondary N) is 1. The Bertz CT molecular complexity index is 1230. The molecule has 6 nitrogen and oxygen atoms in total. The van der Waals surface area contributed by atoms with Crippen LogP contribution in [0.1, 0.15) is 61.0 Å². The fourth-order valence-corrected chi connectivity index (χ4v) is 4.31. The van der Waals surface area contributed by atoms with Gasteiger partial charge in [0.2, 0.25) is 0 Å². The third-order valence-corrected chi connectivity index (χ3v) is 6.52. The number of hydrogen-bond acceptors (Lipinski definition) is 6. The zero-order valence-electron chi connectivity index (χ0n) is 18.5. The van der Waals surface area contributed by atoms with Crippen LogP contribution in [0.3, 0.4) is 0 Å². The van der Waals surface area contributed by atoms with Crippen molar-refractivity contribution >= 4 is 39.0 Å². The molecule has 1 unspecified atom stereocenters. The van der Waals surface area contributed by atoms with Crippen LogP contribution in [0.15, 0.2) is 49.1 Å². The van der Waals surface area contributed by atoms with Gasteiger partial charge in [0.05, 0.1) is 18.0 Å². The molecule has 160 valence electrons. The Hall–Kier alpha value is -3.06. The Balaban J connectivity index is 1.44. The highest BCUT2D eigenvalue weighted by Crippen LogP contribution is 2.32. The van der Waals surface area contributed by atoms with Crippen LogP contribution in [0.2, 0.25) is 0 Å². The van der Waals surface area contributed by atoms with Gasteiger partial charge in [0.25, 0.3) is 0 Å². The van der Waals surface area contributed by atoms with Crippen LogP contribution in [0, 0.1) is 0 Å². The van der Waals surface area contributed by atoms with E-state index < -0.39 is 0 Å². The van der Waals surface area contributed by atoms with E-state index in [1.54, 1.807) is 23.9 Å². The Morgan fingerprint density at radius 1 is 1.16 bits per heavy atom. The second-order valence-corrected chi connectivity index (χ2v) is 10.0. The molecule has 4 rings (SSSR count). The normalized spacial score (nSPS) is 12.8. The van der Waals surface area contributed by atoms with E-state index in [2.05, 4.69) is 66.2 Å². The monoisotopic (exact) mass is 433 g/mol. The number of aromatic nitrogens is 4. The van der Waals surface area contributed by atoms with E-state index in [4.69, 9.17) is 0 Å². The number of Topliss-reactive ketones (excluding diaryl/α,β-unsaturated/α-hetero) is 1. The van der Waals surface area contributed by atoms with E-state index in [9.17, 15) is 4.79 Å². The van der Waals surface area contributed by atoms with Gasteiger partial charge in [-0.15, -0.1) is 11.3 Å². The predicted molar refractivity (Wildman–Crippen MR) is 126 cm³/mol. The maximum absolute atomic E-state index is 12.8. The standard InChI is InChI=1S/C24H27N5OS/c1-15(9-21(30)18-11-20-19(12-25-18)27-14-29(20)5)22-13-26-23(31-22)28-17-8-6-7-16(10-17)24(2,3)4/h6-8,10-15H,9H2,1-5H3,(H,26,28). The molecule has 0 aliphatic carbocycles. The summed E-state index contributed by atoms with van der Waals surface area (Å²) >= 11 is 1.58. The first kappa shape index (κ1) is 21.2. The number of anilines is 2. The van der Waals surface area contributed by atoms with E-state index in [0.29, 0.717) is 12.1 Å². The van der Waals surface area contributed by atoms with Crippen LogP contribution in [0.4, 0.5) is 10.8 Å². The molecule has 0 spiro atoms. The first-order valence-corrected chi connectivity index (χ1v) is 11.2. The lowest BCUT2D eigenvalue weighted by atomic mass is 9.87. The third-order valence-electron chi connectivity index (χ3n) is 5.38. The number of thiazole rings is 1. The van der Waals surface area contributed by atoms with Crippen LogP contribution >= 0.6 is 11.3 Å². The third kappa shape index (κ3) is 4.66. The van der Waals surface area contributed by atoms with Gasteiger partial charge in [0.15, 0.2) is 10.9 Å². The van der Waals surface area contributed by atoms with Gasteiger partial charge in [-0.2, -0.15) is 0 Å². The number of carbonyl (C=O) groups excluding carboxylic acids is 1. The molecule has 4 aromatic rings. The minimum absolute atomic E-state index is 0.0244. The number of aryl methyl sites for hydroxylation is 1. The van der Waals surface area contributed by atoms with E-state index in [0.717, 1.165) is 26.7 Å². The number of carbonyl (C=O) groups is 1. The maximum Gasteiger partial charge on any atom is 0.187 e. The van der Waals surface area contributed by atoms with Crippen LogP contribution in [-0.2, 0) is 12.5 Å². The summed E-state index contributed by atoms with van der Waals surface area (Å²) in [6.45, 7) is 8.66. The molecule has 3 aromatic heterocycles. The lowest BCUT2D eigenvalue weighted by Crippen LogP contribution is -2.10. The number of fused-ring (bicyclic) bond motifs is 1. The summed E-state index contributed by atoms with van der Waals surface area (Å²) in [6.07, 6.45) is 5.63. The molecule has 0 amide bonds. The van der Waals surface area contributed by atoms with Crippen molar-refractivity contribution in [2.24, 2.45) is 7.05 Å². The van der Waals surface area contributed by atoms with Crippen molar-refractivity contribution < 1.29 is 4.79 Å². The van der Waals surface area contributed by atoms with Crippen molar-refractivity contribution in [3.63, 3.8) is 0 Å². The molecule has 1 atom stereocenters. The highest BCUT2D eigenvalue weighted by atomic mass is 32.1. The fraction of sp³-hybridized carbons (Fsp3) is 0.333. The molecule has 31 heavy (non-hydrogen) atoms. The van der Waals surface area contributed by atoms with Gasteiger partial charge in [0, 0.05) is 30.2 Å². The number of nitrogens with zero attached hydrogens (tertiary/aromatic N) is 4. The molecule has 0 aliphatic heterocycles. The Morgan fingerprint density at radius 2 is 1.97 bits per heavy atom. The lowest BCUT2D eigenvalue weighted by molar-refractivity contribution is 0.0971. The molecule has 0 saturated carbocycles. The van der Waals surface area contributed by atoms with Gasteiger partial charge in [0.1, 0.15) is 11.2 Å². The highest BCUT2D eigenvalue weighted by Gasteiger charge is 2.18. The molecule has 0 fully saturated rings. The van der Waals surface area contributed by atoms with E-state index in [1.165, 1.54) is 5.56 Å². The second-order valence-electron chi connectivity index (χ2n) is 8.97. The maximum atomic E-state index is 12.8. The summed E-state index contributed by atoms with van der Waals surface area (Å²) in [5, 5.41) is 4.23. The molecule has 0 radical (unpaired) electrons. The first-order valence-electron chi connectivity index (χ1n) is 10.3. The van der Waals surface area contributed by atoms with Crippen molar-refractivity contribution in [1.82, 2.24) is 19.5 Å². The fourth-order valence-electron chi connectivity index (χ4n) is 3.43. The quantitative estimate of drug-likeness (QED) is 0.387. The van der Waals surface area contributed by atoms with Crippen molar-refractivity contribution in [3.8, 4) is 0 Å². The molecule has 0 bridgehead atoms. The van der Waals surface area contributed by atoms with Crippen LogP contribution < -0.4 is 5.32 Å². The van der Waals surface area contributed by atoms with Gasteiger partial charge in [-0.05, 0) is 35.1 Å². The van der Waals surface area contributed by atoms with Gasteiger partial charge in [-0.3, -0.25) is 9.78 Å². The highest BCUT2D eigenvalue weighted by molar-refractivity contribution is 7.15. The molecular formula is C24H27N5OS. The molecule has 0 saturated heterocycles. The average Bonchev–Trinajstić information content (AvgIpc) is 3.34. The number of ketones is 1. The smallest absolute Gasteiger partial charge is 0.187 e. The number of hydrogen-bond donors (Lipinski definition) is 1. The zero-order chi connectivity index (χ0) is 22.2. The van der Waals surface area contributed by atoms with E-state index in [-0.39, 0.29) is 17.1 Å². The van der Waals surface area contributed by atoms with Gasteiger partial charge >= 0.3 is 0 Å². The second kappa shape index (κ2) is 8.23. The number of imidazole rings is 1. The zero-order valence-corrected chi connectivity index (χ0v) is 19.3. The first-order chi connectivity index (χ1) is 14.7. The summed E-state index contributed by atoms with van der Waals surface area (Å²) < 4.78 is 1.90. The largest absolute Gasteiger partial charge is 0.334 e. The topological polar surface area (TPSA) is 72.7 Å². The molecule has 0 aliphatic rings. The van der Waals surface area contributed by atoms with Crippen molar-refractivity contribution in [2.75, 3.05) is 5.32 Å². The SMILES string of the molecule is CC(CC(=O)c1cc2c(cn1)ncn2C)c1cnc(Nc2cccc(C(C)(C)C)c2)s1. The minimum Gasteiger partial charge on any atom is -0.334 e. The molecular weight excluding hydrogens is 406 g/mol. The molecule has 1 N–H and O–H groups in total. The van der Waals surface area contributed by atoms with Crippen molar-refractivity contribution in [2.45, 2.75) is 45.4 Å². The summed E-state index contributed by atoms with van der Waals surface area (Å²) in [6, 6.07) is 10.2. The summed E-state index contributed by atoms with van der Waals surface area (Å²) in [5.74, 6) is 0.0851. The average molecular weight is 434 g/mol. The Labute approximate surface area is 186 Å². The van der Waals surface area contributed by atoms with Crippen LogP contribution in [0.25, 0.3) is 11.0 Å². The summed E-state index contributed by atoms with van der Waals surface area (Å²) in [4.78, 5) is 27.0. The number of benzene rings is 1. The van der Waals surface area contributed by atoms with Gasteiger partial charge < -0.3 is 9.88 Å². The minimum atomic E-state index is 0.0244. The number of pyridine rings is 1. The van der Waals surface area contributed by atoms with Crippen LogP contribution in [-0.4, -0.2) is 25.3 Å². The number of rotatable bonds is 6.